The van der Waals surface area contributed by atoms with E-state index in [2.05, 4.69) is 36.1 Å². The molecule has 0 aliphatic carbocycles. The minimum absolute atomic E-state index is 0.109. The second-order valence-corrected chi connectivity index (χ2v) is 5.93. The topological polar surface area (TPSA) is 103 Å². The summed E-state index contributed by atoms with van der Waals surface area (Å²) in [7, 11) is 0. The molecule has 26 heavy (non-hydrogen) atoms. The lowest BCUT2D eigenvalue weighted by molar-refractivity contribution is 0.254. The molecule has 0 unspecified atom stereocenters. The highest BCUT2D eigenvalue weighted by Gasteiger charge is 2.10. The minimum atomic E-state index is -0.489. The number of hydrogen-bond donors (Lipinski definition) is 4. The lowest BCUT2D eigenvalue weighted by Crippen LogP contribution is -2.39. The van der Waals surface area contributed by atoms with Crippen molar-refractivity contribution in [1.29, 1.82) is 0 Å². The lowest BCUT2D eigenvalue weighted by Gasteiger charge is -2.22. The van der Waals surface area contributed by atoms with Crippen LogP contribution in [0.2, 0.25) is 0 Å². The van der Waals surface area contributed by atoms with Crippen molar-refractivity contribution in [3.63, 3.8) is 0 Å². The van der Waals surface area contributed by atoms with Gasteiger partial charge < -0.3 is 21.1 Å². The molecule has 0 aromatic heterocycles. The van der Waals surface area contributed by atoms with Crippen molar-refractivity contribution in [2.75, 3.05) is 18.4 Å². The maximum absolute atomic E-state index is 12.2. The molecule has 0 bridgehead atoms. The molecule has 2 amide bonds. The van der Waals surface area contributed by atoms with Crippen LogP contribution >= 0.6 is 0 Å². The molecule has 7 heteroatoms. The van der Waals surface area contributed by atoms with E-state index in [-0.39, 0.29) is 17.5 Å². The summed E-state index contributed by atoms with van der Waals surface area (Å²) >= 11 is 0. The van der Waals surface area contributed by atoms with Crippen LogP contribution in [0.1, 0.15) is 32.3 Å². The van der Waals surface area contributed by atoms with Crippen LogP contribution in [0.4, 0.5) is 10.5 Å². The number of hydrogen-bond acceptors (Lipinski definition) is 3. The van der Waals surface area contributed by atoms with Crippen molar-refractivity contribution in [1.82, 2.24) is 10.2 Å². The number of carbonyl (C=O) groups excluding carboxylic acids is 1. The van der Waals surface area contributed by atoms with Crippen molar-refractivity contribution in [2.45, 2.75) is 33.6 Å². The van der Waals surface area contributed by atoms with E-state index in [0.717, 1.165) is 31.5 Å². The van der Waals surface area contributed by atoms with Gasteiger partial charge >= 0.3 is 6.03 Å². The maximum atomic E-state index is 12.2. The van der Waals surface area contributed by atoms with Crippen LogP contribution in [-0.4, -0.2) is 35.1 Å². The zero-order chi connectivity index (χ0) is 19.5. The average Bonchev–Trinajstić information content (AvgIpc) is 2.53. The second kappa shape index (κ2) is 10.8. The Morgan fingerprint density at radius 2 is 2.00 bits per heavy atom. The van der Waals surface area contributed by atoms with Gasteiger partial charge in [-0.2, -0.15) is 4.99 Å². The van der Waals surface area contributed by atoms with Gasteiger partial charge in [-0.15, -0.1) is 0 Å². The van der Waals surface area contributed by atoms with Gasteiger partial charge in [0, 0.05) is 24.9 Å². The smallest absolute Gasteiger partial charge is 0.324 e. The minimum Gasteiger partial charge on any atom is -0.508 e. The van der Waals surface area contributed by atoms with E-state index in [4.69, 9.17) is 5.73 Å². The predicted molar refractivity (Wildman–Crippen MR) is 107 cm³/mol. The lowest BCUT2D eigenvalue weighted by atomic mass is 10.2. The Balaban J connectivity index is 2.91. The van der Waals surface area contributed by atoms with Crippen LogP contribution in [0.15, 0.2) is 53.5 Å². The fourth-order valence-corrected chi connectivity index (χ4v) is 2.33. The van der Waals surface area contributed by atoms with Gasteiger partial charge in [-0.05, 0) is 37.5 Å². The van der Waals surface area contributed by atoms with E-state index in [1.807, 2.05) is 30.0 Å². The van der Waals surface area contributed by atoms with Gasteiger partial charge in [0.2, 0.25) is 0 Å². The molecule has 1 aromatic rings. The monoisotopic (exact) mass is 359 g/mol. The molecule has 142 valence electrons. The van der Waals surface area contributed by atoms with Crippen molar-refractivity contribution < 1.29 is 9.90 Å². The van der Waals surface area contributed by atoms with Crippen molar-refractivity contribution in [2.24, 2.45) is 10.7 Å². The Labute approximate surface area is 155 Å². The summed E-state index contributed by atoms with van der Waals surface area (Å²) in [6.07, 6.45) is 3.09. The first kappa shape index (κ1) is 21.1. The molecule has 0 fully saturated rings. The van der Waals surface area contributed by atoms with Crippen molar-refractivity contribution >= 4 is 17.7 Å². The van der Waals surface area contributed by atoms with Crippen molar-refractivity contribution in [3.8, 4) is 0 Å². The fraction of sp³-hybridized carbons (Fsp3) is 0.368. The predicted octanol–water partition coefficient (Wildman–Crippen LogP) is 3.47. The van der Waals surface area contributed by atoms with E-state index in [1.54, 1.807) is 6.07 Å². The number of aryl methyl sites for hydroxylation is 1. The summed E-state index contributed by atoms with van der Waals surface area (Å²) in [6.45, 7) is 11.0. The number of allylic oxidation sites excluding steroid dienone is 1. The first-order valence-electron chi connectivity index (χ1n) is 8.69. The van der Waals surface area contributed by atoms with Gasteiger partial charge in [-0.3, -0.25) is 5.32 Å². The quantitative estimate of drug-likeness (QED) is 0.247. The van der Waals surface area contributed by atoms with Gasteiger partial charge in [0.15, 0.2) is 5.96 Å². The first-order chi connectivity index (χ1) is 12.3. The summed E-state index contributed by atoms with van der Waals surface area (Å²) < 4.78 is 0. The number of urea groups is 1. The van der Waals surface area contributed by atoms with Gasteiger partial charge in [-0.25, -0.2) is 4.79 Å². The van der Waals surface area contributed by atoms with Crippen LogP contribution in [0.5, 0.6) is 0 Å². The third-order valence-electron chi connectivity index (χ3n) is 3.37. The summed E-state index contributed by atoms with van der Waals surface area (Å²) in [5.41, 5.74) is 7.75. The molecule has 0 spiro atoms. The zero-order valence-corrected chi connectivity index (χ0v) is 15.7. The van der Waals surface area contributed by atoms with Gasteiger partial charge in [-0.1, -0.05) is 32.6 Å². The molecule has 0 saturated carbocycles. The van der Waals surface area contributed by atoms with E-state index in [1.165, 1.54) is 6.08 Å². The molecule has 0 saturated heterocycles. The molecular weight excluding hydrogens is 330 g/mol. The van der Waals surface area contributed by atoms with Gasteiger partial charge in [0.1, 0.15) is 11.6 Å². The summed E-state index contributed by atoms with van der Waals surface area (Å²) in [4.78, 5) is 18.4. The summed E-state index contributed by atoms with van der Waals surface area (Å²) in [5, 5.41) is 14.7. The number of rotatable bonds is 8. The highest BCUT2D eigenvalue weighted by Crippen LogP contribution is 2.09. The fourth-order valence-electron chi connectivity index (χ4n) is 2.33. The Bertz CT molecular complexity index is 676. The number of nitrogens with one attached hydrogen (secondary N) is 2. The molecule has 7 nitrogen and oxygen atoms in total. The SMILES string of the molecule is C=C(O)/C=C(\N=C(/N)N(CCC)CCC)NC(=O)Nc1cccc(C)c1. The van der Waals surface area contributed by atoms with Crippen LogP contribution in [0.25, 0.3) is 0 Å². The number of guanidine groups is 1. The Hall–Kier alpha value is -2.96. The molecule has 1 aromatic carbocycles. The number of carbonyl (C=O) groups is 1. The highest BCUT2D eigenvalue weighted by atomic mass is 16.3. The van der Waals surface area contributed by atoms with E-state index in [9.17, 15) is 9.90 Å². The van der Waals surface area contributed by atoms with Gasteiger partial charge in [0.05, 0.1) is 0 Å². The van der Waals surface area contributed by atoms with Crippen LogP contribution in [-0.2, 0) is 0 Å². The molecule has 5 N–H and O–H groups in total. The Morgan fingerprint density at radius 1 is 1.35 bits per heavy atom. The van der Waals surface area contributed by atoms with Gasteiger partial charge in [0.25, 0.3) is 0 Å². The molecule has 0 aliphatic heterocycles. The van der Waals surface area contributed by atoms with Crippen molar-refractivity contribution in [3.05, 3.63) is 54.1 Å². The standard InChI is InChI=1S/C19H29N5O2/c1-5-10-24(11-6-2)18(20)22-17(13-15(4)25)23-19(26)21-16-9-7-8-14(3)12-16/h7-9,12-13,25H,4-6,10-11H2,1-3H3,(H2,20,22)(H2,21,23,26)/b17-13+. The molecule has 0 aliphatic rings. The molecular formula is C19H29N5O2. The Kier molecular flexibility index (Phi) is 8.77. The average molecular weight is 359 g/mol. The van der Waals surface area contributed by atoms with E-state index < -0.39 is 6.03 Å². The molecule has 0 atom stereocenters. The zero-order valence-electron chi connectivity index (χ0n) is 15.7. The maximum Gasteiger partial charge on any atom is 0.324 e. The van der Waals surface area contributed by atoms with E-state index in [0.29, 0.717) is 5.69 Å². The second-order valence-electron chi connectivity index (χ2n) is 5.93. The number of aliphatic imine (C=N–C) groups is 1. The molecule has 1 rings (SSSR count). The number of anilines is 1. The number of aliphatic hydroxyl groups is 1. The number of nitrogens with two attached hydrogens (primary N) is 1. The third-order valence-corrected chi connectivity index (χ3v) is 3.37. The number of nitrogens with zero attached hydrogens (tertiary/aromatic N) is 2. The third kappa shape index (κ3) is 7.74. The molecule has 0 heterocycles. The summed E-state index contributed by atoms with van der Waals surface area (Å²) in [6, 6.07) is 6.92. The number of amides is 2. The normalized spacial score (nSPS) is 11.8. The van der Waals surface area contributed by atoms with Crippen LogP contribution in [0.3, 0.4) is 0 Å². The number of benzene rings is 1. The number of aliphatic hydroxyl groups excluding tert-OH is 1. The largest absolute Gasteiger partial charge is 0.508 e. The first-order valence-corrected chi connectivity index (χ1v) is 8.69. The van der Waals surface area contributed by atoms with Crippen LogP contribution in [0, 0.1) is 6.92 Å². The van der Waals surface area contributed by atoms with E-state index >= 15 is 0 Å². The Morgan fingerprint density at radius 3 is 2.54 bits per heavy atom. The highest BCUT2D eigenvalue weighted by molar-refractivity contribution is 5.91. The summed E-state index contributed by atoms with van der Waals surface area (Å²) in [5.74, 6) is 0.152. The molecule has 0 radical (unpaired) electrons. The van der Waals surface area contributed by atoms with Crippen LogP contribution < -0.4 is 16.4 Å².